The lowest BCUT2D eigenvalue weighted by atomic mass is 10.1. The van der Waals surface area contributed by atoms with E-state index < -0.39 is 0 Å². The van der Waals surface area contributed by atoms with Crippen molar-refractivity contribution in [3.63, 3.8) is 0 Å². The Morgan fingerprint density at radius 1 is 1.05 bits per heavy atom. The van der Waals surface area contributed by atoms with Gasteiger partial charge in [-0.25, -0.2) is 0 Å². The highest BCUT2D eigenvalue weighted by molar-refractivity contribution is 9.10. The number of hydrogen-bond acceptors (Lipinski definition) is 1. The summed E-state index contributed by atoms with van der Waals surface area (Å²) in [6, 6.07) is 13.0. The molecule has 0 saturated heterocycles. The van der Waals surface area contributed by atoms with Crippen LogP contribution in [0.5, 0.6) is 0 Å². The maximum absolute atomic E-state index is 11.9. The monoisotopic (exact) mass is 401 g/mol. The lowest BCUT2D eigenvalue weighted by Gasteiger charge is -2.07. The molecular weight excluding hydrogens is 393 g/mol. The van der Waals surface area contributed by atoms with Gasteiger partial charge in [-0.05, 0) is 35.9 Å². The number of anilines is 1. The second kappa shape index (κ2) is 6.55. The Hall–Kier alpha value is -0.840. The van der Waals surface area contributed by atoms with Crippen molar-refractivity contribution in [1.82, 2.24) is 0 Å². The summed E-state index contributed by atoms with van der Waals surface area (Å²) in [5.74, 6) is -0.0912. The lowest BCUT2D eigenvalue weighted by Crippen LogP contribution is -2.14. The molecule has 0 radical (unpaired) electrons. The second-order valence-corrected chi connectivity index (χ2v) is 6.21. The number of rotatable bonds is 3. The fraction of sp³-hybridized carbons (Fsp3) is 0.0714. The molecule has 0 aromatic heterocycles. The SMILES string of the molecule is O=C(Cc1ccc(Br)cc1)Nc1ccc(Br)cc1Cl. The smallest absolute Gasteiger partial charge is 0.228 e. The van der Waals surface area contributed by atoms with E-state index >= 15 is 0 Å². The van der Waals surface area contributed by atoms with E-state index in [0.29, 0.717) is 17.1 Å². The first-order valence-corrected chi connectivity index (χ1v) is 7.50. The third-order valence-corrected chi connectivity index (χ3v) is 3.82. The van der Waals surface area contributed by atoms with E-state index in [1.807, 2.05) is 30.3 Å². The van der Waals surface area contributed by atoms with Gasteiger partial charge in [0.15, 0.2) is 0 Å². The summed E-state index contributed by atoms with van der Waals surface area (Å²) in [7, 11) is 0. The van der Waals surface area contributed by atoms with E-state index in [2.05, 4.69) is 37.2 Å². The number of amides is 1. The number of halogens is 3. The predicted octanol–water partition coefficient (Wildman–Crippen LogP) is 5.05. The fourth-order valence-corrected chi connectivity index (χ4v) is 2.56. The van der Waals surface area contributed by atoms with Gasteiger partial charge in [-0.2, -0.15) is 0 Å². The van der Waals surface area contributed by atoms with Gasteiger partial charge < -0.3 is 5.32 Å². The van der Waals surface area contributed by atoms with Crippen molar-refractivity contribution in [3.05, 3.63) is 62.0 Å². The Morgan fingerprint density at radius 2 is 1.68 bits per heavy atom. The van der Waals surface area contributed by atoms with Crippen molar-refractivity contribution in [2.75, 3.05) is 5.32 Å². The highest BCUT2D eigenvalue weighted by Gasteiger charge is 2.07. The zero-order valence-electron chi connectivity index (χ0n) is 9.79. The maximum Gasteiger partial charge on any atom is 0.228 e. The number of nitrogens with one attached hydrogen (secondary N) is 1. The van der Waals surface area contributed by atoms with E-state index in [4.69, 9.17) is 11.6 Å². The van der Waals surface area contributed by atoms with Crippen LogP contribution in [-0.2, 0) is 11.2 Å². The molecule has 0 aliphatic carbocycles. The molecule has 0 saturated carbocycles. The molecule has 2 rings (SSSR count). The number of benzene rings is 2. The molecule has 98 valence electrons. The van der Waals surface area contributed by atoms with Crippen LogP contribution in [0.4, 0.5) is 5.69 Å². The number of hydrogen-bond donors (Lipinski definition) is 1. The number of carbonyl (C=O) groups excluding carboxylic acids is 1. The molecule has 0 fully saturated rings. The molecule has 0 bridgehead atoms. The van der Waals surface area contributed by atoms with Crippen LogP contribution < -0.4 is 5.32 Å². The highest BCUT2D eigenvalue weighted by atomic mass is 79.9. The largest absolute Gasteiger partial charge is 0.324 e. The predicted molar refractivity (Wildman–Crippen MR) is 85.6 cm³/mol. The van der Waals surface area contributed by atoms with Gasteiger partial charge in [0.2, 0.25) is 5.91 Å². The van der Waals surface area contributed by atoms with Crippen LogP contribution in [0.2, 0.25) is 5.02 Å². The molecule has 0 aliphatic heterocycles. The Kier molecular flexibility index (Phi) is 5.02. The molecule has 0 heterocycles. The van der Waals surface area contributed by atoms with Crippen molar-refractivity contribution in [1.29, 1.82) is 0 Å². The van der Waals surface area contributed by atoms with E-state index in [9.17, 15) is 4.79 Å². The first kappa shape index (κ1) is 14.6. The molecule has 1 amide bonds. The Labute approximate surface area is 133 Å². The van der Waals surface area contributed by atoms with Crippen molar-refractivity contribution in [2.24, 2.45) is 0 Å². The molecule has 2 aromatic rings. The van der Waals surface area contributed by atoms with E-state index in [-0.39, 0.29) is 5.91 Å². The van der Waals surface area contributed by atoms with Crippen molar-refractivity contribution < 1.29 is 4.79 Å². The van der Waals surface area contributed by atoms with Crippen LogP contribution in [0.25, 0.3) is 0 Å². The van der Waals surface area contributed by atoms with Gasteiger partial charge in [-0.15, -0.1) is 0 Å². The molecule has 5 heteroatoms. The molecule has 2 nitrogen and oxygen atoms in total. The summed E-state index contributed by atoms with van der Waals surface area (Å²) in [5, 5.41) is 3.31. The summed E-state index contributed by atoms with van der Waals surface area (Å²) >= 11 is 12.7. The summed E-state index contributed by atoms with van der Waals surface area (Å²) in [6.45, 7) is 0. The minimum Gasteiger partial charge on any atom is -0.324 e. The quantitative estimate of drug-likeness (QED) is 0.764. The van der Waals surface area contributed by atoms with Gasteiger partial charge in [-0.1, -0.05) is 55.6 Å². The van der Waals surface area contributed by atoms with Crippen LogP contribution in [-0.4, -0.2) is 5.91 Å². The van der Waals surface area contributed by atoms with Crippen LogP contribution in [0.15, 0.2) is 51.4 Å². The van der Waals surface area contributed by atoms with E-state index in [1.165, 1.54) is 0 Å². The van der Waals surface area contributed by atoms with Crippen LogP contribution >= 0.6 is 43.5 Å². The molecule has 0 spiro atoms. The summed E-state index contributed by atoms with van der Waals surface area (Å²) < 4.78 is 1.87. The average molecular weight is 404 g/mol. The first-order chi connectivity index (χ1) is 9.04. The third kappa shape index (κ3) is 4.34. The molecule has 1 N–H and O–H groups in total. The first-order valence-electron chi connectivity index (χ1n) is 5.54. The normalized spacial score (nSPS) is 10.3. The summed E-state index contributed by atoms with van der Waals surface area (Å²) in [6.07, 6.45) is 0.319. The molecule has 19 heavy (non-hydrogen) atoms. The van der Waals surface area contributed by atoms with Crippen LogP contribution in [0.1, 0.15) is 5.56 Å². The standard InChI is InChI=1S/C14H10Br2ClNO/c15-10-3-1-9(2-4-10)7-14(19)18-13-6-5-11(16)8-12(13)17/h1-6,8H,7H2,(H,18,19). The Bertz CT molecular complexity index is 599. The Balaban J connectivity index is 2.03. The lowest BCUT2D eigenvalue weighted by molar-refractivity contribution is -0.115. The number of carbonyl (C=O) groups is 1. The minimum atomic E-state index is -0.0912. The topological polar surface area (TPSA) is 29.1 Å². The Morgan fingerprint density at radius 3 is 2.32 bits per heavy atom. The van der Waals surface area contributed by atoms with Crippen molar-refractivity contribution in [2.45, 2.75) is 6.42 Å². The minimum absolute atomic E-state index is 0.0912. The van der Waals surface area contributed by atoms with Gasteiger partial charge >= 0.3 is 0 Å². The van der Waals surface area contributed by atoms with E-state index in [1.54, 1.807) is 12.1 Å². The van der Waals surface area contributed by atoms with Crippen molar-refractivity contribution in [3.8, 4) is 0 Å². The third-order valence-electron chi connectivity index (χ3n) is 2.48. The van der Waals surface area contributed by atoms with Crippen LogP contribution in [0.3, 0.4) is 0 Å². The van der Waals surface area contributed by atoms with Gasteiger partial charge in [0.25, 0.3) is 0 Å². The van der Waals surface area contributed by atoms with Gasteiger partial charge in [0, 0.05) is 8.95 Å². The van der Waals surface area contributed by atoms with Gasteiger partial charge in [0.1, 0.15) is 0 Å². The van der Waals surface area contributed by atoms with Crippen LogP contribution in [0, 0.1) is 0 Å². The van der Waals surface area contributed by atoms with Crippen molar-refractivity contribution >= 4 is 55.1 Å². The fourth-order valence-electron chi connectivity index (χ4n) is 1.57. The molecule has 2 aromatic carbocycles. The zero-order chi connectivity index (χ0) is 13.8. The van der Waals surface area contributed by atoms with Gasteiger partial charge in [-0.3, -0.25) is 4.79 Å². The molecule has 0 aliphatic rings. The highest BCUT2D eigenvalue weighted by Crippen LogP contribution is 2.25. The summed E-state index contributed by atoms with van der Waals surface area (Å²) in [4.78, 5) is 11.9. The average Bonchev–Trinajstić information content (AvgIpc) is 2.36. The molecule has 0 atom stereocenters. The zero-order valence-corrected chi connectivity index (χ0v) is 13.7. The summed E-state index contributed by atoms with van der Waals surface area (Å²) in [5.41, 5.74) is 1.57. The molecule has 0 unspecified atom stereocenters. The van der Waals surface area contributed by atoms with E-state index in [0.717, 1.165) is 14.5 Å². The van der Waals surface area contributed by atoms with Gasteiger partial charge in [0.05, 0.1) is 17.1 Å². The second-order valence-electron chi connectivity index (χ2n) is 3.98. The molecular formula is C14H10Br2ClNO. The maximum atomic E-state index is 11.9.